The molecule has 0 aliphatic carbocycles. The normalized spacial score (nSPS) is 14.6. The van der Waals surface area contributed by atoms with Crippen LogP contribution in [0.4, 0.5) is 13.2 Å². The first-order valence-corrected chi connectivity index (χ1v) is 12.5. The lowest BCUT2D eigenvalue weighted by molar-refractivity contribution is -0.155. The molecule has 0 saturated heterocycles. The summed E-state index contributed by atoms with van der Waals surface area (Å²) in [4.78, 5) is 0. The Labute approximate surface area is 170 Å². The van der Waals surface area contributed by atoms with E-state index in [9.17, 15) is 13.2 Å². The molecule has 8 heteroatoms. The van der Waals surface area contributed by atoms with Crippen molar-refractivity contribution in [3.8, 4) is 0 Å². The van der Waals surface area contributed by atoms with Crippen molar-refractivity contribution in [1.82, 2.24) is 0 Å². The Kier molecular flexibility index (Phi) is 17.6. The Bertz CT molecular complexity index is 339. The van der Waals surface area contributed by atoms with Gasteiger partial charge in [-0.1, -0.05) is 84.0 Å². The number of unbranched alkanes of at least 4 members (excludes halogenated alkanes) is 11. The van der Waals surface area contributed by atoms with E-state index < -0.39 is 27.3 Å². The molecule has 4 nitrogen and oxygen atoms in total. The minimum Gasteiger partial charge on any atom is -0.375 e. The van der Waals surface area contributed by atoms with Crippen LogP contribution < -0.4 is 0 Å². The monoisotopic (exact) mass is 430 g/mol. The van der Waals surface area contributed by atoms with Crippen LogP contribution in [-0.4, -0.2) is 48.6 Å². The van der Waals surface area contributed by atoms with Gasteiger partial charge in [-0.2, -0.15) is 0 Å². The summed E-state index contributed by atoms with van der Waals surface area (Å²) >= 11 is 0. The third-order valence-electron chi connectivity index (χ3n) is 5.06. The van der Waals surface area contributed by atoms with Gasteiger partial charge >= 0.3 is 8.80 Å². The fourth-order valence-corrected chi connectivity index (χ4v) is 5.50. The zero-order valence-corrected chi connectivity index (χ0v) is 19.2. The van der Waals surface area contributed by atoms with Gasteiger partial charge in [0.2, 0.25) is 0 Å². The molecule has 0 N–H and O–H groups in total. The fourth-order valence-electron chi connectivity index (χ4n) is 3.36. The van der Waals surface area contributed by atoms with Gasteiger partial charge in [0.05, 0.1) is 0 Å². The number of rotatable bonds is 20. The average molecular weight is 431 g/mol. The number of halogens is 3. The second-order valence-electron chi connectivity index (χ2n) is 7.20. The summed E-state index contributed by atoms with van der Waals surface area (Å²) in [6.07, 6.45) is 8.79. The first-order chi connectivity index (χ1) is 13.5. The number of ether oxygens (including phenoxy) is 1. The van der Waals surface area contributed by atoms with Crippen molar-refractivity contribution in [3.05, 3.63) is 0 Å². The van der Waals surface area contributed by atoms with Gasteiger partial charge in [-0.15, -0.1) is 0 Å². The molecule has 0 saturated carbocycles. The van der Waals surface area contributed by atoms with Crippen molar-refractivity contribution in [2.45, 2.75) is 109 Å². The molecule has 0 aromatic carbocycles. The van der Waals surface area contributed by atoms with E-state index in [0.29, 0.717) is 6.42 Å². The Hall–Kier alpha value is -0.153. The highest BCUT2D eigenvalue weighted by Gasteiger charge is 2.50. The quantitative estimate of drug-likeness (QED) is 0.164. The third kappa shape index (κ3) is 11.8. The van der Waals surface area contributed by atoms with Crippen LogP contribution in [0.2, 0.25) is 0 Å². The van der Waals surface area contributed by atoms with Crippen molar-refractivity contribution in [3.63, 3.8) is 0 Å². The summed E-state index contributed by atoms with van der Waals surface area (Å²) < 4.78 is 59.4. The molecular weight excluding hydrogens is 389 g/mol. The smallest absolute Gasteiger partial charge is 0.375 e. The van der Waals surface area contributed by atoms with Gasteiger partial charge in [0.15, 0.2) is 0 Å². The third-order valence-corrected chi connectivity index (χ3v) is 7.98. The van der Waals surface area contributed by atoms with Crippen LogP contribution in [0.3, 0.4) is 0 Å². The van der Waals surface area contributed by atoms with Crippen LogP contribution in [0.25, 0.3) is 0 Å². The largest absolute Gasteiger partial charge is 0.530 e. The summed E-state index contributed by atoms with van der Waals surface area (Å²) in [6, 6.07) is 0. The Balaban J connectivity index is 4.08. The van der Waals surface area contributed by atoms with E-state index in [-0.39, 0.29) is 0 Å². The van der Waals surface area contributed by atoms with Gasteiger partial charge in [-0.3, -0.25) is 0 Å². The molecule has 0 fully saturated rings. The Morgan fingerprint density at radius 2 is 1.04 bits per heavy atom. The summed E-state index contributed by atoms with van der Waals surface area (Å²) in [6.45, 7) is 2.23. The predicted octanol–water partition coefficient (Wildman–Crippen LogP) is 6.44. The van der Waals surface area contributed by atoms with Crippen LogP contribution in [-0.2, 0) is 18.0 Å². The second kappa shape index (κ2) is 17.7. The Morgan fingerprint density at radius 3 is 1.39 bits per heavy atom. The van der Waals surface area contributed by atoms with Crippen molar-refractivity contribution < 1.29 is 31.2 Å². The van der Waals surface area contributed by atoms with Crippen LogP contribution in [0.5, 0.6) is 0 Å². The number of hydrogen-bond acceptors (Lipinski definition) is 4. The zero-order chi connectivity index (χ0) is 21.3. The van der Waals surface area contributed by atoms with Gasteiger partial charge in [0, 0.05) is 21.3 Å². The molecule has 170 valence electrons. The SMILES string of the molecule is CCCCCCCCCCCCCCC(OC(F)C(F)F)[Si](OC)(OC)OC. The molecular formula is C20H41F3O4Si. The minimum absolute atomic E-state index is 0.367. The first kappa shape index (κ1) is 27.8. The van der Waals surface area contributed by atoms with Crippen LogP contribution in [0.15, 0.2) is 0 Å². The highest BCUT2D eigenvalue weighted by atomic mass is 28.4. The van der Waals surface area contributed by atoms with Gasteiger partial charge in [-0.05, 0) is 6.42 Å². The molecule has 0 spiro atoms. The topological polar surface area (TPSA) is 36.9 Å². The molecule has 0 heterocycles. The van der Waals surface area contributed by atoms with Crippen LogP contribution in [0.1, 0.15) is 90.4 Å². The molecule has 0 amide bonds. The molecule has 0 radical (unpaired) electrons. The van der Waals surface area contributed by atoms with E-state index in [1.54, 1.807) is 0 Å². The molecule has 28 heavy (non-hydrogen) atoms. The summed E-state index contributed by atoms with van der Waals surface area (Å²) in [7, 11) is 0.754. The van der Waals surface area contributed by atoms with Gasteiger partial charge < -0.3 is 18.0 Å². The first-order valence-electron chi connectivity index (χ1n) is 10.7. The average Bonchev–Trinajstić information content (AvgIpc) is 2.70. The van der Waals surface area contributed by atoms with E-state index in [1.807, 2.05) is 0 Å². The van der Waals surface area contributed by atoms with Crippen molar-refractivity contribution in [2.24, 2.45) is 0 Å². The highest BCUT2D eigenvalue weighted by Crippen LogP contribution is 2.24. The number of hydrogen-bond donors (Lipinski definition) is 0. The van der Waals surface area contributed by atoms with Crippen LogP contribution in [0, 0.1) is 0 Å². The summed E-state index contributed by atoms with van der Waals surface area (Å²) in [5.41, 5.74) is -0.945. The van der Waals surface area contributed by atoms with Gasteiger partial charge in [-0.25, -0.2) is 13.2 Å². The van der Waals surface area contributed by atoms with Crippen molar-refractivity contribution in [1.29, 1.82) is 0 Å². The molecule has 0 rings (SSSR count). The maximum Gasteiger partial charge on any atom is 0.530 e. The fraction of sp³-hybridized carbons (Fsp3) is 1.00. The molecule has 0 aliphatic rings. The van der Waals surface area contributed by atoms with Crippen LogP contribution >= 0.6 is 0 Å². The second-order valence-corrected chi connectivity index (χ2v) is 10.3. The maximum atomic E-state index is 13.4. The Morgan fingerprint density at radius 1 is 0.643 bits per heavy atom. The molecule has 0 aromatic heterocycles. The molecule has 0 aromatic rings. The van der Waals surface area contributed by atoms with Crippen molar-refractivity contribution >= 4 is 8.80 Å². The van der Waals surface area contributed by atoms with E-state index in [0.717, 1.165) is 25.7 Å². The molecule has 0 aliphatic heterocycles. The molecule has 2 atom stereocenters. The van der Waals surface area contributed by atoms with E-state index in [1.165, 1.54) is 72.7 Å². The lowest BCUT2D eigenvalue weighted by Crippen LogP contribution is -2.56. The highest BCUT2D eigenvalue weighted by molar-refractivity contribution is 6.62. The van der Waals surface area contributed by atoms with Gasteiger partial charge in [0.25, 0.3) is 12.8 Å². The molecule has 2 unspecified atom stereocenters. The van der Waals surface area contributed by atoms with Crippen molar-refractivity contribution in [2.75, 3.05) is 21.3 Å². The lowest BCUT2D eigenvalue weighted by atomic mass is 10.0. The zero-order valence-electron chi connectivity index (χ0n) is 18.2. The van der Waals surface area contributed by atoms with E-state index in [2.05, 4.69) is 6.92 Å². The number of alkyl halides is 3. The standard InChI is InChI=1S/C20H41F3O4Si/c1-5-6-7-8-9-10-11-12-13-14-15-16-17-18(27-20(23)19(21)22)28(24-2,25-3)26-4/h18-20H,5-17H2,1-4H3. The summed E-state index contributed by atoms with van der Waals surface area (Å²) in [5.74, 6) is 0. The van der Waals surface area contributed by atoms with E-state index >= 15 is 0 Å². The predicted molar refractivity (Wildman–Crippen MR) is 108 cm³/mol. The van der Waals surface area contributed by atoms with E-state index in [4.69, 9.17) is 18.0 Å². The maximum absolute atomic E-state index is 13.4. The minimum atomic E-state index is -3.35. The summed E-state index contributed by atoms with van der Waals surface area (Å²) in [5, 5.41) is 0. The van der Waals surface area contributed by atoms with Gasteiger partial charge in [0.1, 0.15) is 5.73 Å². The lowest BCUT2D eigenvalue weighted by Gasteiger charge is -2.33. The molecule has 0 bridgehead atoms.